The molecular formula is C45H48FeO3P2. The van der Waals surface area contributed by atoms with Crippen LogP contribution in [0.5, 0.6) is 0 Å². The van der Waals surface area contributed by atoms with Crippen LogP contribution in [0.15, 0.2) is 182 Å². The van der Waals surface area contributed by atoms with E-state index in [2.05, 4.69) is 182 Å². The molecule has 0 N–H and O–H groups in total. The molecule has 0 fully saturated rings. The molecule has 0 aliphatic carbocycles. The van der Waals surface area contributed by atoms with Gasteiger partial charge < -0.3 is 14.4 Å². The van der Waals surface area contributed by atoms with E-state index in [-0.39, 0.29) is 32.9 Å². The molecule has 0 aliphatic rings. The fraction of sp³-hybridized carbons (Fsp3) is 0.133. The Kier molecular flexibility index (Phi) is 25.8. The predicted molar refractivity (Wildman–Crippen MR) is 216 cm³/mol. The van der Waals surface area contributed by atoms with Gasteiger partial charge in [0.1, 0.15) is 20.4 Å². The minimum absolute atomic E-state index is 0. The molecule has 3 nitrogen and oxygen atoms in total. The number of hydrogen-bond acceptors (Lipinski definition) is 3. The Balaban J connectivity index is 0.000000438. The van der Waals surface area contributed by atoms with E-state index < -0.39 is 0 Å². The van der Waals surface area contributed by atoms with Crippen LogP contribution in [0.4, 0.5) is 0 Å². The molecular weight excluding hydrogens is 706 g/mol. The average molecular weight is 755 g/mol. The molecule has 0 unspecified atom stereocenters. The molecule has 6 rings (SSSR count). The zero-order valence-corrected chi connectivity index (χ0v) is 32.1. The third-order valence-corrected chi connectivity index (χ3v) is 12.4. The van der Waals surface area contributed by atoms with Gasteiger partial charge in [0.15, 0.2) is 0 Å². The van der Waals surface area contributed by atoms with E-state index >= 15 is 0 Å². The Hall–Kier alpha value is -4.29. The Bertz CT molecular complexity index is 1320. The number of rotatable bonds is 12. The SMILES string of the molecule is C=O.C=O.C=O.[Fe].c1ccc(CP(Cc2ccccc2)Cc2ccccc2)cc1.c1ccc(CP(Cc2ccccc2)Cc2ccccc2)cc1. The second-order valence-electron chi connectivity index (χ2n) is 11.2. The second-order valence-corrected chi connectivity index (χ2v) is 15.8. The van der Waals surface area contributed by atoms with Crippen molar-refractivity contribution in [3.8, 4) is 0 Å². The van der Waals surface area contributed by atoms with Crippen molar-refractivity contribution in [2.75, 3.05) is 0 Å². The molecule has 0 aromatic heterocycles. The van der Waals surface area contributed by atoms with Crippen molar-refractivity contribution in [1.82, 2.24) is 0 Å². The van der Waals surface area contributed by atoms with Crippen molar-refractivity contribution in [3.63, 3.8) is 0 Å². The number of hydrogen-bond donors (Lipinski definition) is 0. The first kappa shape index (κ1) is 44.7. The molecule has 0 aliphatic heterocycles. The van der Waals surface area contributed by atoms with Crippen molar-refractivity contribution in [2.45, 2.75) is 37.0 Å². The van der Waals surface area contributed by atoms with Crippen molar-refractivity contribution in [2.24, 2.45) is 0 Å². The summed E-state index contributed by atoms with van der Waals surface area (Å²) in [6, 6.07) is 65.4. The Morgan fingerprint density at radius 2 is 0.373 bits per heavy atom. The van der Waals surface area contributed by atoms with Gasteiger partial charge in [0, 0.05) is 17.1 Å². The maximum absolute atomic E-state index is 8.00. The summed E-state index contributed by atoms with van der Waals surface area (Å²) in [5, 5.41) is 0. The maximum Gasteiger partial charge on any atom is 0.106 e. The van der Waals surface area contributed by atoms with E-state index in [1.165, 1.54) is 70.4 Å². The molecule has 6 aromatic rings. The summed E-state index contributed by atoms with van der Waals surface area (Å²) in [6.45, 7) is 6.00. The fourth-order valence-electron chi connectivity index (χ4n) is 5.39. The van der Waals surface area contributed by atoms with E-state index in [4.69, 9.17) is 14.4 Å². The molecule has 0 saturated carbocycles. The van der Waals surface area contributed by atoms with Crippen LogP contribution in [-0.4, -0.2) is 20.4 Å². The Morgan fingerprint density at radius 3 is 0.490 bits per heavy atom. The quantitative estimate of drug-likeness (QED) is 0.0923. The van der Waals surface area contributed by atoms with Crippen LogP contribution in [-0.2, 0) is 68.4 Å². The summed E-state index contributed by atoms with van der Waals surface area (Å²) in [6.07, 6.45) is 7.17. The molecule has 0 atom stereocenters. The minimum atomic E-state index is -0.0895. The summed E-state index contributed by atoms with van der Waals surface area (Å²) >= 11 is 0. The van der Waals surface area contributed by atoms with Gasteiger partial charge in [-0.1, -0.05) is 198 Å². The van der Waals surface area contributed by atoms with Crippen LogP contribution >= 0.6 is 15.8 Å². The topological polar surface area (TPSA) is 51.2 Å². The normalized spacial score (nSPS) is 9.53. The van der Waals surface area contributed by atoms with Crippen LogP contribution < -0.4 is 0 Å². The molecule has 264 valence electrons. The standard InChI is InChI=1S/2C21H21P.3CH2O.Fe/c2*1-4-10-19(11-5-1)16-22(17-20-12-6-2-7-13-20)18-21-14-8-3-9-15-21;3*1-2;/h2*1-15H,16-18H2;3*1H2;. The molecule has 0 bridgehead atoms. The first-order chi connectivity index (χ1) is 24.8. The summed E-state index contributed by atoms with van der Waals surface area (Å²) in [4.78, 5) is 24.0. The van der Waals surface area contributed by atoms with Crippen LogP contribution in [0.1, 0.15) is 33.4 Å². The summed E-state index contributed by atoms with van der Waals surface area (Å²) in [5.41, 5.74) is 8.75. The van der Waals surface area contributed by atoms with Crippen LogP contribution in [0.3, 0.4) is 0 Å². The van der Waals surface area contributed by atoms with Gasteiger partial charge in [-0.15, -0.1) is 0 Å². The molecule has 0 saturated heterocycles. The van der Waals surface area contributed by atoms with E-state index in [0.717, 1.165) is 0 Å². The van der Waals surface area contributed by atoms with E-state index in [0.29, 0.717) is 0 Å². The molecule has 6 heteroatoms. The van der Waals surface area contributed by atoms with Gasteiger partial charge in [-0.05, 0) is 70.4 Å². The van der Waals surface area contributed by atoms with Gasteiger partial charge in [-0.3, -0.25) is 0 Å². The monoisotopic (exact) mass is 754 g/mol. The van der Waals surface area contributed by atoms with Gasteiger partial charge in [0.05, 0.1) is 0 Å². The van der Waals surface area contributed by atoms with Crippen molar-refractivity contribution in [1.29, 1.82) is 0 Å². The largest absolute Gasteiger partial charge is 0.307 e. The third kappa shape index (κ3) is 19.0. The Morgan fingerprint density at radius 1 is 0.255 bits per heavy atom. The van der Waals surface area contributed by atoms with Gasteiger partial charge >= 0.3 is 0 Å². The molecule has 0 heterocycles. The number of carbonyl (C=O) groups is 3. The number of benzene rings is 6. The summed E-state index contributed by atoms with van der Waals surface area (Å²) in [7, 11) is -0.179. The molecule has 51 heavy (non-hydrogen) atoms. The molecule has 0 radical (unpaired) electrons. The predicted octanol–water partition coefficient (Wildman–Crippen LogP) is 11.6. The first-order valence-electron chi connectivity index (χ1n) is 16.3. The van der Waals surface area contributed by atoms with E-state index in [1.54, 1.807) is 0 Å². The van der Waals surface area contributed by atoms with Crippen LogP contribution in [0.25, 0.3) is 0 Å². The average Bonchev–Trinajstić information content (AvgIpc) is 3.20. The van der Waals surface area contributed by atoms with Crippen molar-refractivity contribution < 1.29 is 31.5 Å². The van der Waals surface area contributed by atoms with Crippen LogP contribution in [0.2, 0.25) is 0 Å². The summed E-state index contributed by atoms with van der Waals surface area (Å²) in [5.74, 6) is 0. The number of carbonyl (C=O) groups excluding carboxylic acids is 3. The maximum atomic E-state index is 8.00. The fourth-order valence-corrected chi connectivity index (χ4v) is 10.4. The molecule has 0 spiro atoms. The van der Waals surface area contributed by atoms with Crippen molar-refractivity contribution >= 4 is 36.2 Å². The molecule has 0 amide bonds. The van der Waals surface area contributed by atoms with Crippen molar-refractivity contribution in [3.05, 3.63) is 215 Å². The van der Waals surface area contributed by atoms with E-state index in [9.17, 15) is 0 Å². The first-order valence-corrected chi connectivity index (χ1v) is 20.1. The van der Waals surface area contributed by atoms with Gasteiger partial charge in [0.25, 0.3) is 0 Å². The van der Waals surface area contributed by atoms with E-state index in [1.807, 2.05) is 20.4 Å². The zero-order chi connectivity index (χ0) is 36.1. The van der Waals surface area contributed by atoms with Crippen LogP contribution in [0, 0.1) is 0 Å². The minimum Gasteiger partial charge on any atom is -0.307 e. The van der Waals surface area contributed by atoms with Gasteiger partial charge in [-0.2, -0.15) is 0 Å². The Labute approximate surface area is 318 Å². The molecule has 6 aromatic carbocycles. The van der Waals surface area contributed by atoms with Gasteiger partial charge in [0.2, 0.25) is 0 Å². The van der Waals surface area contributed by atoms with Gasteiger partial charge in [-0.25, -0.2) is 0 Å². The zero-order valence-electron chi connectivity index (χ0n) is 29.2. The second kappa shape index (κ2) is 29.4. The smallest absolute Gasteiger partial charge is 0.106 e. The third-order valence-electron chi connectivity index (χ3n) is 7.49. The summed E-state index contributed by atoms with van der Waals surface area (Å²) < 4.78 is 0.